The minimum atomic E-state index is 0.662. The molecule has 0 atom stereocenters. The summed E-state index contributed by atoms with van der Waals surface area (Å²) in [6.07, 6.45) is 2.76. The van der Waals surface area contributed by atoms with E-state index in [-0.39, 0.29) is 0 Å². The second-order valence-electron chi connectivity index (χ2n) is 4.78. The SMILES string of the molecule is Nc1cccc2oc(CCCc3ccc(Cl)cc3)nc12. The Hall–Kier alpha value is -2.00. The molecule has 0 aliphatic carbocycles. The van der Waals surface area contributed by atoms with E-state index in [4.69, 9.17) is 21.8 Å². The molecule has 0 amide bonds. The number of hydrogen-bond acceptors (Lipinski definition) is 3. The third-order valence-corrected chi connectivity index (χ3v) is 3.52. The van der Waals surface area contributed by atoms with Gasteiger partial charge in [0, 0.05) is 11.4 Å². The topological polar surface area (TPSA) is 52.0 Å². The lowest BCUT2D eigenvalue weighted by Crippen LogP contribution is -1.90. The summed E-state index contributed by atoms with van der Waals surface area (Å²) in [5.41, 5.74) is 9.31. The van der Waals surface area contributed by atoms with Gasteiger partial charge >= 0.3 is 0 Å². The van der Waals surface area contributed by atoms with E-state index in [1.807, 2.05) is 42.5 Å². The van der Waals surface area contributed by atoms with Crippen molar-refractivity contribution >= 4 is 28.4 Å². The average molecular weight is 287 g/mol. The normalized spacial score (nSPS) is 11.1. The Balaban J connectivity index is 1.65. The van der Waals surface area contributed by atoms with Crippen molar-refractivity contribution in [1.29, 1.82) is 0 Å². The largest absolute Gasteiger partial charge is 0.441 e. The number of oxazole rings is 1. The highest BCUT2D eigenvalue weighted by atomic mass is 35.5. The number of halogens is 1. The predicted octanol–water partition coefficient (Wildman–Crippen LogP) is 4.24. The minimum Gasteiger partial charge on any atom is -0.441 e. The van der Waals surface area contributed by atoms with Gasteiger partial charge < -0.3 is 10.2 Å². The van der Waals surface area contributed by atoms with Crippen molar-refractivity contribution < 1.29 is 4.42 Å². The van der Waals surface area contributed by atoms with Crippen molar-refractivity contribution in [2.24, 2.45) is 0 Å². The second-order valence-corrected chi connectivity index (χ2v) is 5.22. The summed E-state index contributed by atoms with van der Waals surface area (Å²) >= 11 is 5.86. The molecule has 0 fully saturated rings. The first-order valence-corrected chi connectivity index (χ1v) is 6.98. The molecular weight excluding hydrogens is 272 g/mol. The highest BCUT2D eigenvalue weighted by Crippen LogP contribution is 2.22. The molecule has 0 aliphatic heterocycles. The van der Waals surface area contributed by atoms with Crippen LogP contribution in [0.1, 0.15) is 17.9 Å². The van der Waals surface area contributed by atoms with Crippen LogP contribution in [0.2, 0.25) is 5.02 Å². The highest BCUT2D eigenvalue weighted by molar-refractivity contribution is 6.30. The molecule has 1 aromatic heterocycles. The van der Waals surface area contributed by atoms with Crippen LogP contribution in [0.25, 0.3) is 11.1 Å². The molecule has 0 spiro atoms. The fourth-order valence-corrected chi connectivity index (χ4v) is 2.34. The number of nitrogens with two attached hydrogens (primary N) is 1. The fourth-order valence-electron chi connectivity index (χ4n) is 2.22. The summed E-state index contributed by atoms with van der Waals surface area (Å²) in [6, 6.07) is 13.5. The molecule has 2 aromatic carbocycles. The monoisotopic (exact) mass is 286 g/mol. The number of anilines is 1. The van der Waals surface area contributed by atoms with Gasteiger partial charge in [0.2, 0.25) is 0 Å². The van der Waals surface area contributed by atoms with Crippen molar-refractivity contribution in [2.75, 3.05) is 5.73 Å². The molecule has 3 rings (SSSR count). The van der Waals surface area contributed by atoms with Gasteiger partial charge in [-0.1, -0.05) is 29.8 Å². The van der Waals surface area contributed by atoms with Crippen molar-refractivity contribution in [1.82, 2.24) is 4.98 Å². The molecule has 0 aliphatic rings. The molecule has 102 valence electrons. The number of nitrogens with zero attached hydrogens (tertiary/aromatic N) is 1. The van der Waals surface area contributed by atoms with Crippen LogP contribution in [0.15, 0.2) is 46.9 Å². The first kappa shape index (κ1) is 13.0. The molecule has 4 heteroatoms. The summed E-state index contributed by atoms with van der Waals surface area (Å²) in [5, 5.41) is 0.767. The van der Waals surface area contributed by atoms with Gasteiger partial charge in [0.25, 0.3) is 0 Å². The fraction of sp³-hybridized carbons (Fsp3) is 0.188. The van der Waals surface area contributed by atoms with Crippen molar-refractivity contribution in [3.63, 3.8) is 0 Å². The maximum absolute atomic E-state index is 5.87. The van der Waals surface area contributed by atoms with Gasteiger partial charge in [0.05, 0.1) is 5.69 Å². The Bertz CT molecular complexity index is 719. The van der Waals surface area contributed by atoms with Crippen LogP contribution in [-0.2, 0) is 12.8 Å². The van der Waals surface area contributed by atoms with E-state index in [1.165, 1.54) is 5.56 Å². The van der Waals surface area contributed by atoms with Crippen LogP contribution in [0.4, 0.5) is 5.69 Å². The molecule has 20 heavy (non-hydrogen) atoms. The molecule has 0 bridgehead atoms. The summed E-state index contributed by atoms with van der Waals surface area (Å²) in [5.74, 6) is 0.742. The Morgan fingerprint density at radius 3 is 2.60 bits per heavy atom. The van der Waals surface area contributed by atoms with Gasteiger partial charge in [0.1, 0.15) is 5.52 Å². The zero-order valence-corrected chi connectivity index (χ0v) is 11.7. The Morgan fingerprint density at radius 1 is 1.05 bits per heavy atom. The van der Waals surface area contributed by atoms with Crippen LogP contribution in [0, 0.1) is 0 Å². The number of para-hydroxylation sites is 1. The molecule has 0 saturated heterocycles. The van der Waals surface area contributed by atoms with Gasteiger partial charge in [0.15, 0.2) is 11.5 Å². The summed E-state index contributed by atoms with van der Waals surface area (Å²) in [6.45, 7) is 0. The van der Waals surface area contributed by atoms with Gasteiger partial charge in [-0.05, 0) is 42.7 Å². The Morgan fingerprint density at radius 2 is 1.85 bits per heavy atom. The van der Waals surface area contributed by atoms with Gasteiger partial charge in [-0.2, -0.15) is 0 Å². The van der Waals surface area contributed by atoms with Crippen molar-refractivity contribution in [3.05, 3.63) is 58.9 Å². The summed E-state index contributed by atoms with van der Waals surface area (Å²) in [4.78, 5) is 4.44. The lowest BCUT2D eigenvalue weighted by Gasteiger charge is -1.99. The van der Waals surface area contributed by atoms with E-state index in [0.717, 1.165) is 41.3 Å². The molecule has 3 nitrogen and oxygen atoms in total. The number of aryl methyl sites for hydroxylation is 2. The number of rotatable bonds is 4. The summed E-state index contributed by atoms with van der Waals surface area (Å²) in [7, 11) is 0. The van der Waals surface area contributed by atoms with E-state index < -0.39 is 0 Å². The molecule has 0 radical (unpaired) electrons. The minimum absolute atomic E-state index is 0.662. The van der Waals surface area contributed by atoms with Crippen LogP contribution in [-0.4, -0.2) is 4.98 Å². The number of hydrogen-bond donors (Lipinski definition) is 1. The van der Waals surface area contributed by atoms with E-state index in [9.17, 15) is 0 Å². The number of benzene rings is 2. The van der Waals surface area contributed by atoms with Crippen LogP contribution < -0.4 is 5.73 Å². The number of fused-ring (bicyclic) bond motifs is 1. The first-order valence-electron chi connectivity index (χ1n) is 6.61. The van der Waals surface area contributed by atoms with Gasteiger partial charge in [-0.25, -0.2) is 4.98 Å². The second kappa shape index (κ2) is 5.55. The smallest absolute Gasteiger partial charge is 0.195 e. The zero-order chi connectivity index (χ0) is 13.9. The van der Waals surface area contributed by atoms with Crippen LogP contribution >= 0.6 is 11.6 Å². The molecule has 0 saturated carbocycles. The molecular formula is C16H15ClN2O. The number of nitrogen functional groups attached to an aromatic ring is 1. The predicted molar refractivity (Wildman–Crippen MR) is 81.9 cm³/mol. The van der Waals surface area contributed by atoms with E-state index in [2.05, 4.69) is 4.98 Å². The molecule has 3 aromatic rings. The van der Waals surface area contributed by atoms with Crippen LogP contribution in [0.3, 0.4) is 0 Å². The summed E-state index contributed by atoms with van der Waals surface area (Å²) < 4.78 is 5.69. The van der Waals surface area contributed by atoms with Gasteiger partial charge in [-0.3, -0.25) is 0 Å². The number of aromatic nitrogens is 1. The standard InChI is InChI=1S/C16H15ClN2O/c17-12-9-7-11(8-10-12)3-1-6-15-19-16-13(18)4-2-5-14(16)20-15/h2,4-5,7-10H,1,3,6,18H2. The van der Waals surface area contributed by atoms with Crippen molar-refractivity contribution in [2.45, 2.75) is 19.3 Å². The third-order valence-electron chi connectivity index (χ3n) is 3.26. The van der Waals surface area contributed by atoms with E-state index >= 15 is 0 Å². The average Bonchev–Trinajstić information content (AvgIpc) is 2.85. The quantitative estimate of drug-likeness (QED) is 0.730. The maximum Gasteiger partial charge on any atom is 0.195 e. The zero-order valence-electron chi connectivity index (χ0n) is 11.0. The third kappa shape index (κ3) is 2.78. The van der Waals surface area contributed by atoms with E-state index in [1.54, 1.807) is 0 Å². The Labute approximate surface area is 122 Å². The molecule has 0 unspecified atom stereocenters. The lowest BCUT2D eigenvalue weighted by atomic mass is 10.1. The highest BCUT2D eigenvalue weighted by Gasteiger charge is 2.07. The lowest BCUT2D eigenvalue weighted by molar-refractivity contribution is 0.519. The van der Waals surface area contributed by atoms with Crippen molar-refractivity contribution in [3.8, 4) is 0 Å². The van der Waals surface area contributed by atoms with Gasteiger partial charge in [-0.15, -0.1) is 0 Å². The Kier molecular flexibility index (Phi) is 3.61. The van der Waals surface area contributed by atoms with Crippen LogP contribution in [0.5, 0.6) is 0 Å². The van der Waals surface area contributed by atoms with E-state index in [0.29, 0.717) is 5.69 Å². The first-order chi connectivity index (χ1) is 9.72. The molecule has 1 heterocycles. The molecule has 2 N–H and O–H groups in total. The maximum atomic E-state index is 5.87.